The standard InChI is InChI=1S/C12H10FN3O/c13-9-3-1-8(2-4-9)11-6-5-10(14)12(16-11)15-7-17/h1-7H,14H2,(H,15,16,17). The lowest BCUT2D eigenvalue weighted by Gasteiger charge is -2.06. The van der Waals surface area contributed by atoms with Crippen LogP contribution < -0.4 is 11.1 Å². The molecule has 1 aromatic heterocycles. The molecule has 2 aromatic rings. The number of halogens is 1. The van der Waals surface area contributed by atoms with E-state index < -0.39 is 0 Å². The Bertz CT molecular complexity index is 540. The number of hydrogen-bond acceptors (Lipinski definition) is 3. The van der Waals surface area contributed by atoms with Gasteiger partial charge in [0.25, 0.3) is 0 Å². The van der Waals surface area contributed by atoms with Gasteiger partial charge in [-0.1, -0.05) is 0 Å². The van der Waals surface area contributed by atoms with Gasteiger partial charge >= 0.3 is 0 Å². The van der Waals surface area contributed by atoms with Crippen LogP contribution in [0.25, 0.3) is 11.3 Å². The summed E-state index contributed by atoms with van der Waals surface area (Å²) in [6.45, 7) is 0. The number of hydrogen-bond donors (Lipinski definition) is 2. The van der Waals surface area contributed by atoms with Crippen molar-refractivity contribution in [2.45, 2.75) is 0 Å². The average molecular weight is 231 g/mol. The van der Waals surface area contributed by atoms with Gasteiger partial charge in [-0.25, -0.2) is 9.37 Å². The van der Waals surface area contributed by atoms with Crippen LogP contribution in [0.5, 0.6) is 0 Å². The summed E-state index contributed by atoms with van der Waals surface area (Å²) >= 11 is 0. The van der Waals surface area contributed by atoms with Crippen LogP contribution in [0.3, 0.4) is 0 Å². The molecule has 86 valence electrons. The highest BCUT2D eigenvalue weighted by atomic mass is 19.1. The minimum atomic E-state index is -0.310. The lowest BCUT2D eigenvalue weighted by molar-refractivity contribution is -0.105. The molecular formula is C12H10FN3O. The van der Waals surface area contributed by atoms with E-state index in [1.54, 1.807) is 24.3 Å². The number of nitrogens with one attached hydrogen (secondary N) is 1. The molecule has 0 fully saturated rings. The van der Waals surface area contributed by atoms with E-state index in [1.807, 2.05) is 0 Å². The minimum absolute atomic E-state index is 0.293. The van der Waals surface area contributed by atoms with Gasteiger partial charge in [-0.15, -0.1) is 0 Å². The van der Waals surface area contributed by atoms with Crippen molar-refractivity contribution >= 4 is 17.9 Å². The Morgan fingerprint density at radius 2 is 1.88 bits per heavy atom. The van der Waals surface area contributed by atoms with Gasteiger partial charge < -0.3 is 11.1 Å². The number of pyridine rings is 1. The first-order valence-electron chi connectivity index (χ1n) is 4.93. The van der Waals surface area contributed by atoms with Crippen molar-refractivity contribution in [1.82, 2.24) is 4.98 Å². The molecule has 0 aliphatic carbocycles. The van der Waals surface area contributed by atoms with Crippen molar-refractivity contribution < 1.29 is 9.18 Å². The highest BCUT2D eigenvalue weighted by molar-refractivity contribution is 5.78. The van der Waals surface area contributed by atoms with Crippen LogP contribution in [0.4, 0.5) is 15.9 Å². The predicted molar refractivity (Wildman–Crippen MR) is 63.7 cm³/mol. The molecule has 0 aliphatic heterocycles. The van der Waals surface area contributed by atoms with Gasteiger partial charge in [0, 0.05) is 5.56 Å². The number of carbonyl (C=O) groups is 1. The molecule has 1 amide bonds. The molecule has 3 N–H and O–H groups in total. The molecule has 0 saturated heterocycles. The molecule has 0 atom stereocenters. The quantitative estimate of drug-likeness (QED) is 0.794. The van der Waals surface area contributed by atoms with E-state index in [9.17, 15) is 9.18 Å². The SMILES string of the molecule is Nc1ccc(-c2ccc(F)cc2)nc1NC=O. The van der Waals surface area contributed by atoms with Crippen LogP contribution in [-0.4, -0.2) is 11.4 Å². The van der Waals surface area contributed by atoms with E-state index in [0.717, 1.165) is 5.56 Å². The molecule has 0 bridgehead atoms. The van der Waals surface area contributed by atoms with Crippen molar-refractivity contribution in [1.29, 1.82) is 0 Å². The molecule has 17 heavy (non-hydrogen) atoms. The zero-order valence-electron chi connectivity index (χ0n) is 8.85. The Morgan fingerprint density at radius 3 is 2.53 bits per heavy atom. The molecule has 1 aromatic carbocycles. The molecule has 0 saturated carbocycles. The second kappa shape index (κ2) is 4.61. The van der Waals surface area contributed by atoms with Crippen molar-refractivity contribution in [3.63, 3.8) is 0 Å². The lowest BCUT2D eigenvalue weighted by atomic mass is 10.1. The molecule has 0 spiro atoms. The summed E-state index contributed by atoms with van der Waals surface area (Å²) < 4.78 is 12.8. The third-order valence-electron chi connectivity index (χ3n) is 2.26. The number of nitrogen functional groups attached to an aromatic ring is 1. The molecule has 5 heteroatoms. The maximum absolute atomic E-state index is 12.8. The summed E-state index contributed by atoms with van der Waals surface area (Å²) in [5, 5.41) is 2.41. The first-order valence-corrected chi connectivity index (χ1v) is 4.93. The largest absolute Gasteiger partial charge is 0.396 e. The Morgan fingerprint density at radius 1 is 1.18 bits per heavy atom. The normalized spacial score (nSPS) is 9.94. The van der Waals surface area contributed by atoms with E-state index in [4.69, 9.17) is 5.73 Å². The van der Waals surface area contributed by atoms with Crippen LogP contribution >= 0.6 is 0 Å². The summed E-state index contributed by atoms with van der Waals surface area (Å²) in [4.78, 5) is 14.5. The zero-order chi connectivity index (χ0) is 12.3. The Kier molecular flexibility index (Phi) is 3.00. The second-order valence-electron chi connectivity index (χ2n) is 3.40. The van der Waals surface area contributed by atoms with Crippen molar-refractivity contribution in [2.24, 2.45) is 0 Å². The van der Waals surface area contributed by atoms with E-state index in [1.165, 1.54) is 12.1 Å². The molecule has 2 rings (SSSR count). The number of anilines is 2. The van der Waals surface area contributed by atoms with E-state index >= 15 is 0 Å². The summed E-state index contributed by atoms with van der Waals surface area (Å²) in [6.07, 6.45) is 0.507. The maximum atomic E-state index is 12.8. The summed E-state index contributed by atoms with van der Waals surface area (Å²) in [7, 11) is 0. The minimum Gasteiger partial charge on any atom is -0.396 e. The molecule has 1 heterocycles. The number of nitrogens with zero attached hydrogens (tertiary/aromatic N) is 1. The van der Waals surface area contributed by atoms with Gasteiger partial charge in [0.15, 0.2) is 5.82 Å². The highest BCUT2D eigenvalue weighted by Gasteiger charge is 2.04. The molecule has 0 radical (unpaired) electrons. The maximum Gasteiger partial charge on any atom is 0.212 e. The van der Waals surface area contributed by atoms with Crippen molar-refractivity contribution in [3.05, 3.63) is 42.2 Å². The first-order chi connectivity index (χ1) is 8.20. The van der Waals surface area contributed by atoms with E-state index in [0.29, 0.717) is 23.6 Å². The second-order valence-corrected chi connectivity index (χ2v) is 3.40. The van der Waals surface area contributed by atoms with Gasteiger partial charge in [-0.05, 0) is 36.4 Å². The van der Waals surface area contributed by atoms with Crippen LogP contribution in [-0.2, 0) is 4.79 Å². The third kappa shape index (κ3) is 2.39. The van der Waals surface area contributed by atoms with Crippen LogP contribution in [0.2, 0.25) is 0 Å². The molecule has 0 aliphatic rings. The highest BCUT2D eigenvalue weighted by Crippen LogP contribution is 2.22. The Hall–Kier alpha value is -2.43. The van der Waals surface area contributed by atoms with Crippen molar-refractivity contribution in [2.75, 3.05) is 11.1 Å². The number of amides is 1. The Balaban J connectivity index is 2.42. The monoisotopic (exact) mass is 231 g/mol. The summed E-state index contributed by atoms with van der Waals surface area (Å²) in [5.41, 5.74) is 7.38. The van der Waals surface area contributed by atoms with Gasteiger partial charge in [-0.3, -0.25) is 4.79 Å². The topological polar surface area (TPSA) is 68.0 Å². The fourth-order valence-corrected chi connectivity index (χ4v) is 1.42. The molecule has 4 nitrogen and oxygen atoms in total. The van der Waals surface area contributed by atoms with E-state index in [-0.39, 0.29) is 5.82 Å². The first kappa shape index (κ1) is 11.1. The summed E-state index contributed by atoms with van der Waals surface area (Å²) in [6, 6.07) is 9.26. The number of benzene rings is 1. The van der Waals surface area contributed by atoms with E-state index in [2.05, 4.69) is 10.3 Å². The van der Waals surface area contributed by atoms with Crippen LogP contribution in [0, 0.1) is 5.82 Å². The zero-order valence-corrected chi connectivity index (χ0v) is 8.85. The number of nitrogens with two attached hydrogens (primary N) is 1. The Labute approximate surface area is 97.3 Å². The summed E-state index contributed by atoms with van der Waals surface area (Å²) in [5.74, 6) is -0.0164. The van der Waals surface area contributed by atoms with Gasteiger partial charge in [0.05, 0.1) is 11.4 Å². The molecule has 0 unspecified atom stereocenters. The van der Waals surface area contributed by atoms with Crippen LogP contribution in [0.15, 0.2) is 36.4 Å². The van der Waals surface area contributed by atoms with Gasteiger partial charge in [0.2, 0.25) is 6.41 Å². The number of aromatic nitrogens is 1. The predicted octanol–water partition coefficient (Wildman–Crippen LogP) is 2.04. The fraction of sp³-hybridized carbons (Fsp3) is 0. The molecular weight excluding hydrogens is 221 g/mol. The number of rotatable bonds is 3. The average Bonchev–Trinajstić information content (AvgIpc) is 2.33. The van der Waals surface area contributed by atoms with Crippen molar-refractivity contribution in [3.8, 4) is 11.3 Å². The smallest absolute Gasteiger partial charge is 0.212 e. The van der Waals surface area contributed by atoms with Gasteiger partial charge in [0.1, 0.15) is 5.82 Å². The van der Waals surface area contributed by atoms with Gasteiger partial charge in [-0.2, -0.15) is 0 Å². The van der Waals surface area contributed by atoms with Crippen LogP contribution in [0.1, 0.15) is 0 Å². The number of carbonyl (C=O) groups excluding carboxylic acids is 1. The third-order valence-corrected chi connectivity index (χ3v) is 2.26. The lowest BCUT2D eigenvalue weighted by Crippen LogP contribution is -2.02. The fourth-order valence-electron chi connectivity index (χ4n) is 1.42.